The minimum Gasteiger partial charge on any atom is -0.490 e. The van der Waals surface area contributed by atoms with Crippen LogP contribution in [0.3, 0.4) is 0 Å². The molecule has 3 heteroatoms. The average Bonchev–Trinajstić information content (AvgIpc) is 2.71. The molecule has 0 bridgehead atoms. The van der Waals surface area contributed by atoms with Gasteiger partial charge < -0.3 is 14.8 Å². The Hall–Kier alpha value is -2.00. The van der Waals surface area contributed by atoms with Crippen LogP contribution in [0, 0.1) is 0 Å². The van der Waals surface area contributed by atoms with Gasteiger partial charge in [-0.15, -0.1) is 0 Å². The first-order valence-corrected chi connectivity index (χ1v) is 10.4. The van der Waals surface area contributed by atoms with Crippen molar-refractivity contribution in [1.82, 2.24) is 5.32 Å². The average molecular weight is 368 g/mol. The molecule has 1 N–H and O–H groups in total. The van der Waals surface area contributed by atoms with Crippen LogP contribution in [0.15, 0.2) is 48.5 Å². The normalized spacial score (nSPS) is 20.9. The standard InChI is InChI=1S/C24H33NO2/c1-4-26-23-16-15-20(17-24(23)27-5-2)21-13-9-10-14-22(21)25-18(3)19-11-7-6-8-12-19/h6-8,11-12,15-18,21-22,25H,4-5,9-10,13-14H2,1-3H3/t18?,21-,22-/m0/s1. The van der Waals surface area contributed by atoms with E-state index in [2.05, 4.69) is 60.8 Å². The fraction of sp³-hybridized carbons (Fsp3) is 0.500. The number of ether oxygens (including phenoxy) is 2. The summed E-state index contributed by atoms with van der Waals surface area (Å²) in [6.45, 7) is 7.61. The summed E-state index contributed by atoms with van der Waals surface area (Å²) in [6, 6.07) is 18.1. The molecular formula is C24H33NO2. The van der Waals surface area contributed by atoms with Crippen molar-refractivity contribution < 1.29 is 9.47 Å². The fourth-order valence-electron chi connectivity index (χ4n) is 4.19. The van der Waals surface area contributed by atoms with E-state index in [9.17, 15) is 0 Å². The van der Waals surface area contributed by atoms with E-state index < -0.39 is 0 Å². The van der Waals surface area contributed by atoms with Crippen molar-refractivity contribution >= 4 is 0 Å². The minimum absolute atomic E-state index is 0.353. The molecule has 27 heavy (non-hydrogen) atoms. The van der Waals surface area contributed by atoms with Gasteiger partial charge in [-0.1, -0.05) is 49.2 Å². The summed E-state index contributed by atoms with van der Waals surface area (Å²) < 4.78 is 11.6. The van der Waals surface area contributed by atoms with E-state index in [0.717, 1.165) is 11.5 Å². The summed E-state index contributed by atoms with van der Waals surface area (Å²) >= 11 is 0. The summed E-state index contributed by atoms with van der Waals surface area (Å²) in [7, 11) is 0. The predicted octanol–water partition coefficient (Wildman–Crippen LogP) is 5.86. The van der Waals surface area contributed by atoms with Gasteiger partial charge in [-0.25, -0.2) is 0 Å². The van der Waals surface area contributed by atoms with Crippen LogP contribution in [0.2, 0.25) is 0 Å². The molecule has 3 atom stereocenters. The zero-order chi connectivity index (χ0) is 19.1. The maximum Gasteiger partial charge on any atom is 0.161 e. The zero-order valence-electron chi connectivity index (χ0n) is 16.9. The Morgan fingerprint density at radius 2 is 1.63 bits per heavy atom. The monoisotopic (exact) mass is 367 g/mol. The first-order valence-electron chi connectivity index (χ1n) is 10.4. The van der Waals surface area contributed by atoms with Crippen molar-refractivity contribution in [3.05, 3.63) is 59.7 Å². The highest BCUT2D eigenvalue weighted by molar-refractivity contribution is 5.44. The van der Waals surface area contributed by atoms with E-state index in [0.29, 0.717) is 31.2 Å². The van der Waals surface area contributed by atoms with Gasteiger partial charge in [0.1, 0.15) is 0 Å². The number of hydrogen-bond donors (Lipinski definition) is 1. The maximum atomic E-state index is 5.86. The first-order chi connectivity index (χ1) is 13.2. The Bertz CT molecular complexity index is 701. The molecule has 1 saturated carbocycles. The molecule has 0 saturated heterocycles. The van der Waals surface area contributed by atoms with Crippen molar-refractivity contribution in [2.45, 2.75) is 64.5 Å². The van der Waals surface area contributed by atoms with E-state index >= 15 is 0 Å². The van der Waals surface area contributed by atoms with Crippen molar-refractivity contribution in [2.75, 3.05) is 13.2 Å². The molecular weight excluding hydrogens is 334 g/mol. The van der Waals surface area contributed by atoms with Crippen LogP contribution in [-0.2, 0) is 0 Å². The maximum absolute atomic E-state index is 5.86. The lowest BCUT2D eigenvalue weighted by atomic mass is 9.79. The molecule has 3 nitrogen and oxygen atoms in total. The van der Waals surface area contributed by atoms with Gasteiger partial charge in [0.25, 0.3) is 0 Å². The van der Waals surface area contributed by atoms with Crippen molar-refractivity contribution in [2.24, 2.45) is 0 Å². The lowest BCUT2D eigenvalue weighted by molar-refractivity contribution is 0.283. The van der Waals surface area contributed by atoms with Gasteiger partial charge in [0, 0.05) is 12.1 Å². The largest absolute Gasteiger partial charge is 0.490 e. The van der Waals surface area contributed by atoms with E-state index in [4.69, 9.17) is 9.47 Å². The van der Waals surface area contributed by atoms with E-state index in [1.807, 2.05) is 13.8 Å². The third-order valence-corrected chi connectivity index (χ3v) is 5.53. The van der Waals surface area contributed by atoms with E-state index in [1.165, 1.54) is 36.8 Å². The smallest absolute Gasteiger partial charge is 0.161 e. The molecule has 2 aromatic rings. The highest BCUT2D eigenvalue weighted by Crippen LogP contribution is 2.38. The van der Waals surface area contributed by atoms with Crippen LogP contribution in [0.25, 0.3) is 0 Å². The summed E-state index contributed by atoms with van der Waals surface area (Å²) in [4.78, 5) is 0. The molecule has 146 valence electrons. The molecule has 0 aliphatic heterocycles. The highest BCUT2D eigenvalue weighted by atomic mass is 16.5. The van der Waals surface area contributed by atoms with E-state index in [1.54, 1.807) is 0 Å². The molecule has 1 unspecified atom stereocenters. The van der Waals surface area contributed by atoms with Crippen LogP contribution in [-0.4, -0.2) is 19.3 Å². The molecule has 0 spiro atoms. The van der Waals surface area contributed by atoms with Gasteiger partial charge in [-0.3, -0.25) is 0 Å². The molecule has 1 fully saturated rings. The topological polar surface area (TPSA) is 30.5 Å². The van der Waals surface area contributed by atoms with Crippen molar-refractivity contribution in [3.63, 3.8) is 0 Å². The van der Waals surface area contributed by atoms with Gasteiger partial charge in [0.2, 0.25) is 0 Å². The quantitative estimate of drug-likeness (QED) is 0.634. The van der Waals surface area contributed by atoms with Crippen molar-refractivity contribution in [1.29, 1.82) is 0 Å². The zero-order valence-corrected chi connectivity index (χ0v) is 16.9. The lowest BCUT2D eigenvalue weighted by Gasteiger charge is -2.35. The van der Waals surface area contributed by atoms with Crippen LogP contribution < -0.4 is 14.8 Å². The third-order valence-electron chi connectivity index (χ3n) is 5.53. The second-order valence-corrected chi connectivity index (χ2v) is 7.37. The Morgan fingerprint density at radius 3 is 2.37 bits per heavy atom. The molecule has 1 aliphatic rings. The summed E-state index contributed by atoms with van der Waals surface area (Å²) in [5, 5.41) is 3.90. The Labute approximate surface area is 164 Å². The van der Waals surface area contributed by atoms with Crippen molar-refractivity contribution in [3.8, 4) is 11.5 Å². The molecule has 1 aliphatic carbocycles. The van der Waals surface area contributed by atoms with Gasteiger partial charge in [0.15, 0.2) is 11.5 Å². The molecule has 0 radical (unpaired) electrons. The number of nitrogens with one attached hydrogen (secondary N) is 1. The number of hydrogen-bond acceptors (Lipinski definition) is 3. The molecule has 0 heterocycles. The van der Waals surface area contributed by atoms with Gasteiger partial charge >= 0.3 is 0 Å². The van der Waals surface area contributed by atoms with Crippen LogP contribution in [0.1, 0.15) is 69.5 Å². The lowest BCUT2D eigenvalue weighted by Crippen LogP contribution is -2.38. The molecule has 0 aromatic heterocycles. The van der Waals surface area contributed by atoms with Gasteiger partial charge in [0.05, 0.1) is 13.2 Å². The SMILES string of the molecule is CCOc1ccc([C@@H]2CCCC[C@@H]2NC(C)c2ccccc2)cc1OCC. The van der Waals surface area contributed by atoms with Crippen LogP contribution in [0.4, 0.5) is 0 Å². The van der Waals surface area contributed by atoms with Gasteiger partial charge in [-0.05, 0) is 62.8 Å². The Balaban J connectivity index is 1.79. The van der Waals surface area contributed by atoms with Crippen LogP contribution >= 0.6 is 0 Å². The summed E-state index contributed by atoms with van der Waals surface area (Å²) in [5.74, 6) is 2.23. The molecule has 0 amide bonds. The van der Waals surface area contributed by atoms with Gasteiger partial charge in [-0.2, -0.15) is 0 Å². The minimum atomic E-state index is 0.353. The van der Waals surface area contributed by atoms with Crippen LogP contribution in [0.5, 0.6) is 11.5 Å². The molecule has 3 rings (SSSR count). The first kappa shape index (κ1) is 19.8. The third kappa shape index (κ3) is 5.04. The number of benzene rings is 2. The predicted molar refractivity (Wildman–Crippen MR) is 112 cm³/mol. The van der Waals surface area contributed by atoms with E-state index in [-0.39, 0.29) is 0 Å². The number of rotatable bonds is 8. The second kappa shape index (κ2) is 9.80. The second-order valence-electron chi connectivity index (χ2n) is 7.37. The fourth-order valence-corrected chi connectivity index (χ4v) is 4.19. The summed E-state index contributed by atoms with van der Waals surface area (Å²) in [6.07, 6.45) is 5.03. The highest BCUT2D eigenvalue weighted by Gasteiger charge is 2.28. The molecule has 2 aromatic carbocycles. The summed E-state index contributed by atoms with van der Waals surface area (Å²) in [5.41, 5.74) is 2.71. The Kier molecular flexibility index (Phi) is 7.17. The Morgan fingerprint density at radius 1 is 0.926 bits per heavy atom.